The minimum Gasteiger partial charge on any atom is -0.478 e. The average Bonchev–Trinajstić information content (AvgIpc) is 3.20. The highest BCUT2D eigenvalue weighted by Crippen LogP contribution is 2.38. The fraction of sp³-hybridized carbons (Fsp3) is 0.250. The molecule has 7 nitrogen and oxygen atoms in total. The van der Waals surface area contributed by atoms with Crippen molar-refractivity contribution in [3.63, 3.8) is 0 Å². The zero-order valence-corrected chi connectivity index (χ0v) is 17.0. The summed E-state index contributed by atoms with van der Waals surface area (Å²) in [4.78, 5) is 23.4. The summed E-state index contributed by atoms with van der Waals surface area (Å²) in [7, 11) is 0. The summed E-state index contributed by atoms with van der Waals surface area (Å²) in [6, 6.07) is 0.992. The Morgan fingerprint density at radius 1 is 0.970 bits per heavy atom. The molecule has 13 heteroatoms. The maximum absolute atomic E-state index is 13.2. The van der Waals surface area contributed by atoms with Gasteiger partial charge in [-0.15, -0.1) is 5.10 Å². The highest BCUT2D eigenvalue weighted by Gasteiger charge is 2.37. The van der Waals surface area contributed by atoms with E-state index in [9.17, 15) is 36.2 Å². The van der Waals surface area contributed by atoms with Crippen LogP contribution in [-0.4, -0.2) is 35.8 Å². The minimum absolute atomic E-state index is 0.00210. The number of alkyl halides is 6. The van der Waals surface area contributed by atoms with Crippen molar-refractivity contribution < 1.29 is 36.2 Å². The SMILES string of the molecule is CC(C)/C(=C(\C(=O)O)c1cncnc1)n1cnc(-c2cc(C(F)(F)F)cc(C(F)(F)F)c2)n1. The number of hydrogen-bond donors (Lipinski definition) is 1. The fourth-order valence-corrected chi connectivity index (χ4v) is 3.07. The molecule has 3 rings (SSSR count). The number of carboxylic acid groups (broad SMARTS) is 1. The second-order valence-corrected chi connectivity index (χ2v) is 7.15. The first kappa shape index (κ1) is 23.9. The van der Waals surface area contributed by atoms with Gasteiger partial charge in [0.15, 0.2) is 5.82 Å². The van der Waals surface area contributed by atoms with Crippen molar-refractivity contribution in [2.24, 2.45) is 5.92 Å². The first-order valence-corrected chi connectivity index (χ1v) is 9.23. The monoisotopic (exact) mass is 471 g/mol. The Hall–Kier alpha value is -3.77. The van der Waals surface area contributed by atoms with Crippen molar-refractivity contribution in [2.45, 2.75) is 26.2 Å². The molecule has 1 N–H and O–H groups in total. The second-order valence-electron chi connectivity index (χ2n) is 7.15. The summed E-state index contributed by atoms with van der Waals surface area (Å²) in [6.45, 7) is 3.27. The van der Waals surface area contributed by atoms with Crippen LogP contribution in [0.25, 0.3) is 22.7 Å². The first-order chi connectivity index (χ1) is 15.3. The Labute approximate surface area is 182 Å². The lowest BCUT2D eigenvalue weighted by molar-refractivity contribution is -0.143. The number of nitrogens with zero attached hydrogens (tertiary/aromatic N) is 5. The van der Waals surface area contributed by atoms with E-state index in [1.54, 1.807) is 13.8 Å². The molecule has 174 valence electrons. The van der Waals surface area contributed by atoms with Gasteiger partial charge in [0.1, 0.15) is 12.7 Å². The van der Waals surface area contributed by atoms with Gasteiger partial charge in [-0.3, -0.25) is 0 Å². The Kier molecular flexibility index (Phi) is 6.25. The van der Waals surface area contributed by atoms with Crippen LogP contribution >= 0.6 is 0 Å². The van der Waals surface area contributed by atoms with E-state index in [1.807, 2.05) is 0 Å². The van der Waals surface area contributed by atoms with Crippen molar-refractivity contribution in [3.05, 3.63) is 59.9 Å². The molecule has 0 unspecified atom stereocenters. The number of benzene rings is 1. The molecule has 2 heterocycles. The summed E-state index contributed by atoms with van der Waals surface area (Å²) in [5, 5.41) is 13.7. The molecule has 0 saturated heterocycles. The summed E-state index contributed by atoms with van der Waals surface area (Å²) in [6.07, 6.45) is -5.36. The molecule has 0 radical (unpaired) electrons. The van der Waals surface area contributed by atoms with Crippen LogP contribution in [0.3, 0.4) is 0 Å². The van der Waals surface area contributed by atoms with E-state index in [0.717, 1.165) is 11.0 Å². The van der Waals surface area contributed by atoms with Crippen molar-refractivity contribution >= 4 is 17.2 Å². The fourth-order valence-electron chi connectivity index (χ4n) is 3.07. The van der Waals surface area contributed by atoms with Crippen molar-refractivity contribution in [2.75, 3.05) is 0 Å². The largest absolute Gasteiger partial charge is 0.478 e. The number of carboxylic acids is 1. The lowest BCUT2D eigenvalue weighted by atomic mass is 10.00. The van der Waals surface area contributed by atoms with Gasteiger partial charge in [0.25, 0.3) is 0 Å². The van der Waals surface area contributed by atoms with Gasteiger partial charge in [-0.05, 0) is 24.1 Å². The van der Waals surface area contributed by atoms with Crippen LogP contribution in [-0.2, 0) is 17.1 Å². The number of aliphatic carboxylic acids is 1. The Morgan fingerprint density at radius 3 is 1.97 bits per heavy atom. The normalized spacial score (nSPS) is 13.2. The first-order valence-electron chi connectivity index (χ1n) is 9.23. The third kappa shape index (κ3) is 5.18. The quantitative estimate of drug-likeness (QED) is 0.421. The molecular formula is C20H15F6N5O2. The van der Waals surface area contributed by atoms with Gasteiger partial charge in [0.2, 0.25) is 0 Å². The van der Waals surface area contributed by atoms with Crippen LogP contribution in [0.2, 0.25) is 0 Å². The van der Waals surface area contributed by atoms with Gasteiger partial charge in [0, 0.05) is 23.5 Å². The standard InChI is InChI=1S/C20H15F6N5O2/c1-10(2)16(15(18(32)33)12-6-27-8-28-7-12)31-9-29-17(30-31)11-3-13(19(21,22)23)5-14(4-11)20(24,25)26/h3-10H,1-2H3,(H,32,33)/b16-15+. The third-order valence-electron chi connectivity index (χ3n) is 4.45. The number of halogens is 6. The van der Waals surface area contributed by atoms with Crippen molar-refractivity contribution in [3.8, 4) is 11.4 Å². The smallest absolute Gasteiger partial charge is 0.416 e. The van der Waals surface area contributed by atoms with Crippen LogP contribution in [0.1, 0.15) is 30.5 Å². The van der Waals surface area contributed by atoms with Crippen LogP contribution in [0.4, 0.5) is 26.3 Å². The molecule has 0 aliphatic rings. The second kappa shape index (κ2) is 8.64. The predicted molar refractivity (Wildman–Crippen MR) is 103 cm³/mol. The summed E-state index contributed by atoms with van der Waals surface area (Å²) in [5.74, 6) is -2.29. The molecule has 33 heavy (non-hydrogen) atoms. The van der Waals surface area contributed by atoms with E-state index in [0.29, 0.717) is 12.1 Å². The summed E-state index contributed by atoms with van der Waals surface area (Å²) < 4.78 is 80.1. The molecule has 0 atom stereocenters. The van der Waals surface area contributed by atoms with Crippen LogP contribution in [0.5, 0.6) is 0 Å². The van der Waals surface area contributed by atoms with Crippen LogP contribution in [0, 0.1) is 5.92 Å². The summed E-state index contributed by atoms with van der Waals surface area (Å²) >= 11 is 0. The topological polar surface area (TPSA) is 93.8 Å². The molecule has 3 aromatic rings. The minimum atomic E-state index is -5.04. The highest BCUT2D eigenvalue weighted by atomic mass is 19.4. The molecule has 0 fully saturated rings. The molecule has 1 aromatic carbocycles. The van der Waals surface area contributed by atoms with Gasteiger partial charge in [-0.2, -0.15) is 26.3 Å². The molecule has 0 saturated carbocycles. The maximum Gasteiger partial charge on any atom is 0.416 e. The van der Waals surface area contributed by atoms with Crippen LogP contribution in [0.15, 0.2) is 43.2 Å². The van der Waals surface area contributed by atoms with Gasteiger partial charge < -0.3 is 5.11 Å². The van der Waals surface area contributed by atoms with Gasteiger partial charge in [-0.25, -0.2) is 24.4 Å². The van der Waals surface area contributed by atoms with E-state index in [-0.39, 0.29) is 22.9 Å². The Bertz CT molecular complexity index is 1170. The van der Waals surface area contributed by atoms with E-state index in [1.165, 1.54) is 18.7 Å². The van der Waals surface area contributed by atoms with Crippen molar-refractivity contribution in [1.29, 1.82) is 0 Å². The number of allylic oxidation sites excluding steroid dienone is 1. The van der Waals surface area contributed by atoms with E-state index < -0.39 is 46.8 Å². The van der Waals surface area contributed by atoms with Gasteiger partial charge in [0.05, 0.1) is 22.4 Å². The van der Waals surface area contributed by atoms with Crippen molar-refractivity contribution in [1.82, 2.24) is 24.7 Å². The summed E-state index contributed by atoms with van der Waals surface area (Å²) in [5.41, 5.74) is -3.60. The van der Waals surface area contributed by atoms with Gasteiger partial charge >= 0.3 is 18.3 Å². The molecule has 0 bridgehead atoms. The lowest BCUT2D eigenvalue weighted by Crippen LogP contribution is -2.13. The molecule has 0 aliphatic carbocycles. The Morgan fingerprint density at radius 2 is 1.52 bits per heavy atom. The zero-order valence-electron chi connectivity index (χ0n) is 17.0. The molecule has 2 aromatic heterocycles. The van der Waals surface area contributed by atoms with E-state index >= 15 is 0 Å². The molecular weight excluding hydrogens is 456 g/mol. The molecule has 0 amide bonds. The van der Waals surface area contributed by atoms with Crippen LogP contribution < -0.4 is 0 Å². The van der Waals surface area contributed by atoms with Gasteiger partial charge in [-0.1, -0.05) is 13.8 Å². The molecule has 0 spiro atoms. The third-order valence-corrected chi connectivity index (χ3v) is 4.45. The number of aromatic nitrogens is 5. The number of hydrogen-bond acceptors (Lipinski definition) is 5. The van der Waals surface area contributed by atoms with E-state index in [2.05, 4.69) is 20.1 Å². The zero-order chi connectivity index (χ0) is 24.6. The predicted octanol–water partition coefficient (Wildman–Crippen LogP) is 4.88. The Balaban J connectivity index is 2.20. The highest BCUT2D eigenvalue weighted by molar-refractivity contribution is 6.21. The number of rotatable bonds is 5. The number of carbonyl (C=O) groups is 1. The van der Waals surface area contributed by atoms with E-state index in [4.69, 9.17) is 0 Å². The maximum atomic E-state index is 13.2. The lowest BCUT2D eigenvalue weighted by Gasteiger charge is -2.15. The molecule has 0 aliphatic heterocycles. The average molecular weight is 471 g/mol.